The number of carbonyl (C=O) groups is 2. The van der Waals surface area contributed by atoms with Gasteiger partial charge in [-0.2, -0.15) is 5.10 Å². The first kappa shape index (κ1) is 18.4. The number of hydrogen-bond acceptors (Lipinski definition) is 6. The maximum absolute atomic E-state index is 12.4. The molecule has 0 spiro atoms. The van der Waals surface area contributed by atoms with Gasteiger partial charge in [-0.3, -0.25) is 4.79 Å². The smallest absolute Gasteiger partial charge is 0.354 e. The van der Waals surface area contributed by atoms with Gasteiger partial charge in [0, 0.05) is 12.8 Å². The van der Waals surface area contributed by atoms with Crippen LogP contribution < -0.4 is 14.5 Å². The molecule has 7 heteroatoms. The van der Waals surface area contributed by atoms with Crippen molar-refractivity contribution in [3.05, 3.63) is 54.1 Å². The van der Waals surface area contributed by atoms with E-state index in [1.54, 1.807) is 44.6 Å². The monoisotopic (exact) mass is 368 g/mol. The van der Waals surface area contributed by atoms with Crippen LogP contribution in [0.25, 0.3) is 0 Å². The Kier molecular flexibility index (Phi) is 5.71. The number of ether oxygens (including phenoxy) is 3. The minimum absolute atomic E-state index is 0.0670. The second-order valence-electron chi connectivity index (χ2n) is 5.85. The Morgan fingerprint density at radius 2 is 1.78 bits per heavy atom. The van der Waals surface area contributed by atoms with Gasteiger partial charge in [0.1, 0.15) is 12.3 Å². The highest BCUT2D eigenvalue weighted by Crippen LogP contribution is 2.28. The summed E-state index contributed by atoms with van der Waals surface area (Å²) in [5.41, 5.74) is 1.60. The summed E-state index contributed by atoms with van der Waals surface area (Å²) < 4.78 is 15.8. The zero-order valence-electron chi connectivity index (χ0n) is 15.2. The van der Waals surface area contributed by atoms with Crippen molar-refractivity contribution in [2.24, 2.45) is 5.10 Å². The minimum Gasteiger partial charge on any atom is -0.493 e. The van der Waals surface area contributed by atoms with Gasteiger partial charge in [-0.1, -0.05) is 24.3 Å². The average molecular weight is 368 g/mol. The fraction of sp³-hybridized carbons (Fsp3) is 0.250. The zero-order valence-corrected chi connectivity index (χ0v) is 15.2. The van der Waals surface area contributed by atoms with Crippen LogP contribution in [0, 0.1) is 0 Å². The standard InChI is InChI=1S/C20H20N2O5/c1-25-17-10-8-14(12-18(17)26-2)13-27-20(24)16-9-11-19(23)22(21-16)15-6-4-3-5-7-15/h3-8,10,12H,9,11,13H2,1-2H3. The molecule has 0 aliphatic carbocycles. The lowest BCUT2D eigenvalue weighted by molar-refractivity contribution is -0.137. The molecule has 1 aliphatic heterocycles. The van der Waals surface area contributed by atoms with Crippen LogP contribution in [0.15, 0.2) is 53.6 Å². The molecule has 7 nitrogen and oxygen atoms in total. The number of carbonyl (C=O) groups excluding carboxylic acids is 2. The maximum Gasteiger partial charge on any atom is 0.354 e. The third-order valence-electron chi connectivity index (χ3n) is 4.09. The van der Waals surface area contributed by atoms with Crippen LogP contribution in [0.4, 0.5) is 5.69 Å². The Labute approximate surface area is 157 Å². The predicted molar refractivity (Wildman–Crippen MR) is 99.9 cm³/mol. The van der Waals surface area contributed by atoms with Crippen LogP contribution in [-0.2, 0) is 20.9 Å². The third-order valence-corrected chi connectivity index (χ3v) is 4.09. The van der Waals surface area contributed by atoms with E-state index < -0.39 is 5.97 Å². The van der Waals surface area contributed by atoms with Gasteiger partial charge >= 0.3 is 5.97 Å². The fourth-order valence-electron chi connectivity index (χ4n) is 2.67. The van der Waals surface area contributed by atoms with Gasteiger partial charge in [0.2, 0.25) is 5.91 Å². The largest absolute Gasteiger partial charge is 0.493 e. The van der Waals surface area contributed by atoms with Gasteiger partial charge in [0.15, 0.2) is 11.5 Å². The number of anilines is 1. The number of methoxy groups -OCH3 is 2. The summed E-state index contributed by atoms with van der Waals surface area (Å²) in [6, 6.07) is 14.3. The first-order valence-corrected chi connectivity index (χ1v) is 8.46. The molecule has 0 saturated heterocycles. The normalized spacial score (nSPS) is 13.8. The summed E-state index contributed by atoms with van der Waals surface area (Å²) in [4.78, 5) is 24.5. The molecule has 0 fully saturated rings. The lowest BCUT2D eigenvalue weighted by Gasteiger charge is -2.22. The van der Waals surface area contributed by atoms with Crippen LogP contribution in [0.5, 0.6) is 11.5 Å². The van der Waals surface area contributed by atoms with Crippen LogP contribution in [0.3, 0.4) is 0 Å². The molecular formula is C20H20N2O5. The second-order valence-corrected chi connectivity index (χ2v) is 5.85. The minimum atomic E-state index is -0.543. The lowest BCUT2D eigenvalue weighted by Crippen LogP contribution is -2.34. The van der Waals surface area contributed by atoms with Crippen molar-refractivity contribution in [1.82, 2.24) is 0 Å². The number of hydrazone groups is 1. The van der Waals surface area contributed by atoms with Gasteiger partial charge in [0.25, 0.3) is 0 Å². The molecule has 0 N–H and O–H groups in total. The molecule has 1 aliphatic rings. The highest BCUT2D eigenvalue weighted by atomic mass is 16.5. The topological polar surface area (TPSA) is 77.4 Å². The van der Waals surface area contributed by atoms with E-state index in [1.807, 2.05) is 18.2 Å². The van der Waals surface area contributed by atoms with E-state index in [2.05, 4.69) is 5.10 Å². The molecule has 2 aromatic carbocycles. The molecule has 1 heterocycles. The van der Waals surface area contributed by atoms with Crippen LogP contribution in [0.1, 0.15) is 18.4 Å². The van der Waals surface area contributed by atoms with Crippen molar-refractivity contribution in [1.29, 1.82) is 0 Å². The fourth-order valence-corrected chi connectivity index (χ4v) is 2.67. The predicted octanol–water partition coefficient (Wildman–Crippen LogP) is 2.93. The molecule has 27 heavy (non-hydrogen) atoms. The molecule has 0 saturated carbocycles. The molecule has 140 valence electrons. The summed E-state index contributed by atoms with van der Waals surface area (Å²) in [5, 5.41) is 5.43. The number of rotatable bonds is 6. The van der Waals surface area contributed by atoms with Crippen LogP contribution >= 0.6 is 0 Å². The second kappa shape index (κ2) is 8.35. The molecule has 0 unspecified atom stereocenters. The number of para-hydroxylation sites is 1. The number of esters is 1. The Hall–Kier alpha value is -3.35. The lowest BCUT2D eigenvalue weighted by atomic mass is 10.1. The van der Waals surface area contributed by atoms with E-state index >= 15 is 0 Å². The summed E-state index contributed by atoms with van der Waals surface area (Å²) in [6.45, 7) is 0.0670. The SMILES string of the molecule is COc1ccc(COC(=O)C2=NN(c3ccccc3)C(=O)CC2)cc1OC. The first-order valence-electron chi connectivity index (χ1n) is 8.46. The van der Waals surface area contributed by atoms with Crippen LogP contribution in [0.2, 0.25) is 0 Å². The average Bonchev–Trinajstić information content (AvgIpc) is 2.72. The highest BCUT2D eigenvalue weighted by molar-refractivity contribution is 6.37. The molecule has 0 aromatic heterocycles. The Bertz CT molecular complexity index is 864. The van der Waals surface area contributed by atoms with Crippen molar-refractivity contribution in [3.8, 4) is 11.5 Å². The van der Waals surface area contributed by atoms with Crippen molar-refractivity contribution >= 4 is 23.3 Å². The van der Waals surface area contributed by atoms with Crippen LogP contribution in [-0.4, -0.2) is 31.8 Å². The van der Waals surface area contributed by atoms with Gasteiger partial charge in [-0.25, -0.2) is 9.80 Å². The van der Waals surface area contributed by atoms with Gasteiger partial charge in [-0.05, 0) is 29.8 Å². The molecule has 3 rings (SSSR count). The van der Waals surface area contributed by atoms with Gasteiger partial charge in [-0.15, -0.1) is 0 Å². The molecule has 0 atom stereocenters. The molecule has 2 aromatic rings. The zero-order chi connectivity index (χ0) is 19.2. The van der Waals surface area contributed by atoms with Crippen molar-refractivity contribution in [2.75, 3.05) is 19.2 Å². The van der Waals surface area contributed by atoms with E-state index in [1.165, 1.54) is 5.01 Å². The Morgan fingerprint density at radius 3 is 2.48 bits per heavy atom. The Morgan fingerprint density at radius 1 is 1.04 bits per heavy atom. The molecule has 1 amide bonds. The van der Waals surface area contributed by atoms with Crippen molar-refractivity contribution in [3.63, 3.8) is 0 Å². The summed E-state index contributed by atoms with van der Waals surface area (Å²) in [5.74, 6) is 0.457. The van der Waals surface area contributed by atoms with E-state index in [0.29, 0.717) is 17.2 Å². The van der Waals surface area contributed by atoms with Gasteiger partial charge in [0.05, 0.1) is 19.9 Å². The number of benzene rings is 2. The molecular weight excluding hydrogens is 348 g/mol. The number of nitrogens with zero attached hydrogens (tertiary/aromatic N) is 2. The van der Waals surface area contributed by atoms with E-state index in [-0.39, 0.29) is 31.1 Å². The molecule has 0 bridgehead atoms. The quantitative estimate of drug-likeness (QED) is 0.733. The summed E-state index contributed by atoms with van der Waals surface area (Å²) in [6.07, 6.45) is 0.464. The number of hydrogen-bond donors (Lipinski definition) is 0. The van der Waals surface area contributed by atoms with E-state index in [9.17, 15) is 9.59 Å². The summed E-state index contributed by atoms with van der Waals surface area (Å²) >= 11 is 0. The van der Waals surface area contributed by atoms with Gasteiger partial charge < -0.3 is 14.2 Å². The van der Waals surface area contributed by atoms with Crippen molar-refractivity contribution in [2.45, 2.75) is 19.4 Å². The third kappa shape index (κ3) is 4.25. The summed E-state index contributed by atoms with van der Waals surface area (Å²) in [7, 11) is 3.10. The Balaban J connectivity index is 1.70. The highest BCUT2D eigenvalue weighted by Gasteiger charge is 2.26. The first-order chi connectivity index (χ1) is 13.1. The van der Waals surface area contributed by atoms with E-state index in [4.69, 9.17) is 14.2 Å². The number of amides is 1. The molecule has 0 radical (unpaired) electrons. The maximum atomic E-state index is 12.4. The van der Waals surface area contributed by atoms with E-state index in [0.717, 1.165) is 5.56 Å². The van der Waals surface area contributed by atoms with Crippen molar-refractivity contribution < 1.29 is 23.8 Å².